The molecule has 10 heteroatoms. The molecule has 196 valence electrons. The van der Waals surface area contributed by atoms with Crippen LogP contribution in [-0.2, 0) is 21.2 Å². The van der Waals surface area contributed by atoms with Crippen molar-refractivity contribution < 1.29 is 18.0 Å². The van der Waals surface area contributed by atoms with Crippen molar-refractivity contribution in [3.63, 3.8) is 0 Å². The van der Waals surface area contributed by atoms with Crippen LogP contribution in [0.1, 0.15) is 37.0 Å². The molecule has 0 bridgehead atoms. The molecule has 4 rings (SSSR count). The third kappa shape index (κ3) is 6.58. The number of aromatic nitrogens is 2. The lowest BCUT2D eigenvalue weighted by Crippen LogP contribution is -2.45. The summed E-state index contributed by atoms with van der Waals surface area (Å²) in [6, 6.07) is 19.9. The topological polar surface area (TPSA) is 130 Å². The van der Waals surface area contributed by atoms with Gasteiger partial charge >= 0.3 is 0 Å². The molecule has 0 unspecified atom stereocenters. The molecule has 38 heavy (non-hydrogen) atoms. The number of nitrogens with one attached hydrogen (secondary N) is 3. The number of anilines is 1. The number of amides is 2. The Kier molecular flexibility index (Phi) is 7.84. The van der Waals surface area contributed by atoms with E-state index in [9.17, 15) is 18.0 Å². The van der Waals surface area contributed by atoms with Crippen LogP contribution >= 0.6 is 0 Å². The van der Waals surface area contributed by atoms with Gasteiger partial charge in [-0.05, 0) is 44.5 Å². The highest BCUT2D eigenvalue weighted by Gasteiger charge is 2.26. The Bertz CT molecular complexity index is 1550. The van der Waals surface area contributed by atoms with Crippen molar-refractivity contribution in [1.29, 1.82) is 0 Å². The second-order valence-corrected chi connectivity index (χ2v) is 11.4. The molecule has 0 aliphatic carbocycles. The van der Waals surface area contributed by atoms with Crippen LogP contribution < -0.4 is 15.4 Å². The molecule has 0 aliphatic rings. The van der Waals surface area contributed by atoms with Crippen molar-refractivity contribution >= 4 is 38.3 Å². The van der Waals surface area contributed by atoms with Crippen molar-refractivity contribution in [3.05, 3.63) is 96.6 Å². The highest BCUT2D eigenvalue weighted by atomic mass is 32.2. The van der Waals surface area contributed by atoms with E-state index in [0.29, 0.717) is 16.5 Å². The summed E-state index contributed by atoms with van der Waals surface area (Å²) in [5.41, 5.74) is 0.600. The van der Waals surface area contributed by atoms with Crippen LogP contribution in [0.4, 0.5) is 5.69 Å². The molecule has 4 aromatic rings. The van der Waals surface area contributed by atoms with Gasteiger partial charge in [-0.3, -0.25) is 9.59 Å². The average Bonchev–Trinajstić information content (AvgIpc) is 2.88. The SMILES string of the molecule is CC(C)(C)NS(=O)(=O)c1cccc2c(NC(=O)[C@H](Cc3ccccc3)NC(=O)c3ncccn3)cccc12. The summed E-state index contributed by atoms with van der Waals surface area (Å²) in [5.74, 6) is -1.10. The van der Waals surface area contributed by atoms with Crippen molar-refractivity contribution in [3.8, 4) is 0 Å². The first kappa shape index (κ1) is 26.9. The summed E-state index contributed by atoms with van der Waals surface area (Å²) in [4.78, 5) is 34.3. The van der Waals surface area contributed by atoms with Gasteiger partial charge in [-0.2, -0.15) is 0 Å². The monoisotopic (exact) mass is 531 g/mol. The fourth-order valence-electron chi connectivity index (χ4n) is 4.00. The molecule has 3 aromatic carbocycles. The molecular weight excluding hydrogens is 502 g/mol. The number of benzene rings is 3. The molecule has 1 aromatic heterocycles. The molecule has 0 saturated carbocycles. The first-order chi connectivity index (χ1) is 18.0. The minimum absolute atomic E-state index is 0.0512. The van der Waals surface area contributed by atoms with E-state index in [2.05, 4.69) is 25.3 Å². The number of carbonyl (C=O) groups excluding carboxylic acids is 2. The van der Waals surface area contributed by atoms with E-state index in [1.807, 2.05) is 30.3 Å². The maximum absolute atomic E-state index is 13.5. The number of carbonyl (C=O) groups is 2. The van der Waals surface area contributed by atoms with E-state index >= 15 is 0 Å². The lowest BCUT2D eigenvalue weighted by atomic mass is 10.0. The zero-order valence-corrected chi connectivity index (χ0v) is 22.1. The van der Waals surface area contributed by atoms with E-state index < -0.39 is 33.4 Å². The standard InChI is InChI=1S/C28H29N5O4S/c1-28(2,3)33-38(36,37)24-15-8-12-20-21(24)13-7-14-22(20)31-26(34)23(18-19-10-5-4-6-11-19)32-27(35)25-29-16-9-17-30-25/h4-17,23,33H,18H2,1-3H3,(H,31,34)(H,32,35)/t23-/m0/s1. The molecule has 9 nitrogen and oxygen atoms in total. The highest BCUT2D eigenvalue weighted by Crippen LogP contribution is 2.29. The number of hydrogen-bond donors (Lipinski definition) is 3. The van der Waals surface area contributed by atoms with Gasteiger partial charge in [0, 0.05) is 40.8 Å². The second-order valence-electron chi connectivity index (χ2n) is 9.79. The third-order valence-corrected chi connectivity index (χ3v) is 7.36. The lowest BCUT2D eigenvalue weighted by molar-refractivity contribution is -0.118. The molecular formula is C28H29N5O4S. The van der Waals surface area contributed by atoms with E-state index in [0.717, 1.165) is 5.56 Å². The normalized spacial score (nSPS) is 12.6. The molecule has 2 amide bonds. The largest absolute Gasteiger partial charge is 0.337 e. The smallest absolute Gasteiger partial charge is 0.289 e. The van der Waals surface area contributed by atoms with Crippen molar-refractivity contribution in [2.45, 2.75) is 43.7 Å². The predicted octanol–water partition coefficient (Wildman–Crippen LogP) is 3.69. The van der Waals surface area contributed by atoms with Gasteiger partial charge in [-0.15, -0.1) is 0 Å². The van der Waals surface area contributed by atoms with Crippen molar-refractivity contribution in [2.75, 3.05) is 5.32 Å². The quantitative estimate of drug-likeness (QED) is 0.318. The minimum Gasteiger partial charge on any atom is -0.337 e. The summed E-state index contributed by atoms with van der Waals surface area (Å²) >= 11 is 0. The Morgan fingerprint density at radius 3 is 2.18 bits per heavy atom. The number of rotatable bonds is 8. The zero-order chi connectivity index (χ0) is 27.3. The van der Waals surface area contributed by atoms with Gasteiger partial charge in [-0.1, -0.05) is 54.6 Å². The fraction of sp³-hybridized carbons (Fsp3) is 0.214. The lowest BCUT2D eigenvalue weighted by Gasteiger charge is -2.22. The molecule has 0 spiro atoms. The zero-order valence-electron chi connectivity index (χ0n) is 21.3. The highest BCUT2D eigenvalue weighted by molar-refractivity contribution is 7.89. The van der Waals surface area contributed by atoms with E-state index in [1.165, 1.54) is 18.5 Å². The van der Waals surface area contributed by atoms with Gasteiger partial charge in [0.15, 0.2) is 0 Å². The van der Waals surface area contributed by atoms with Gasteiger partial charge in [0.1, 0.15) is 6.04 Å². The third-order valence-electron chi connectivity index (χ3n) is 5.54. The van der Waals surface area contributed by atoms with Crippen LogP contribution in [0.3, 0.4) is 0 Å². The van der Waals surface area contributed by atoms with Gasteiger partial charge in [-0.25, -0.2) is 23.1 Å². The predicted molar refractivity (Wildman–Crippen MR) is 146 cm³/mol. The van der Waals surface area contributed by atoms with Crippen LogP contribution in [0.2, 0.25) is 0 Å². The molecule has 0 radical (unpaired) electrons. The molecule has 3 N–H and O–H groups in total. The second kappa shape index (κ2) is 11.1. The molecule has 1 atom stereocenters. The Balaban J connectivity index is 1.66. The summed E-state index contributed by atoms with van der Waals surface area (Å²) in [7, 11) is -3.83. The number of hydrogen-bond acceptors (Lipinski definition) is 6. The number of nitrogens with zero attached hydrogens (tertiary/aromatic N) is 2. The van der Waals surface area contributed by atoms with E-state index in [4.69, 9.17) is 0 Å². The van der Waals surface area contributed by atoms with Crippen molar-refractivity contribution in [1.82, 2.24) is 20.0 Å². The average molecular weight is 532 g/mol. The molecule has 1 heterocycles. The number of fused-ring (bicyclic) bond motifs is 1. The summed E-state index contributed by atoms with van der Waals surface area (Å²) in [6.45, 7) is 5.30. The summed E-state index contributed by atoms with van der Waals surface area (Å²) in [6.07, 6.45) is 3.13. The molecule has 0 saturated heterocycles. The maximum Gasteiger partial charge on any atom is 0.289 e. The summed E-state index contributed by atoms with van der Waals surface area (Å²) < 4.78 is 28.9. The van der Waals surface area contributed by atoms with Crippen molar-refractivity contribution in [2.24, 2.45) is 0 Å². The van der Waals surface area contributed by atoms with Gasteiger partial charge in [0.2, 0.25) is 21.8 Å². The first-order valence-electron chi connectivity index (χ1n) is 12.0. The number of sulfonamides is 1. The summed E-state index contributed by atoms with van der Waals surface area (Å²) in [5, 5.41) is 6.62. The molecule has 0 aliphatic heterocycles. The van der Waals surface area contributed by atoms with E-state index in [-0.39, 0.29) is 17.1 Å². The van der Waals surface area contributed by atoms with Crippen LogP contribution in [-0.4, -0.2) is 41.8 Å². The Labute approximate surface area is 221 Å². The van der Waals surface area contributed by atoms with Crippen LogP contribution in [0.5, 0.6) is 0 Å². The Hall–Kier alpha value is -4.15. The van der Waals surface area contributed by atoms with Crippen LogP contribution in [0.25, 0.3) is 10.8 Å². The maximum atomic E-state index is 13.5. The fourth-order valence-corrected chi connectivity index (χ4v) is 5.64. The first-order valence-corrected chi connectivity index (χ1v) is 13.5. The van der Waals surface area contributed by atoms with Gasteiger partial charge in [0.05, 0.1) is 4.90 Å². The van der Waals surface area contributed by atoms with Gasteiger partial charge in [0.25, 0.3) is 5.91 Å². The molecule has 0 fully saturated rings. The minimum atomic E-state index is -3.83. The van der Waals surface area contributed by atoms with Crippen LogP contribution in [0.15, 0.2) is 90.1 Å². The van der Waals surface area contributed by atoms with E-state index in [1.54, 1.807) is 57.2 Å². The van der Waals surface area contributed by atoms with Gasteiger partial charge < -0.3 is 10.6 Å². The Morgan fingerprint density at radius 1 is 0.842 bits per heavy atom. The van der Waals surface area contributed by atoms with Crippen LogP contribution in [0, 0.1) is 0 Å². The Morgan fingerprint density at radius 2 is 1.50 bits per heavy atom.